The molecule has 2 heterocycles. The van der Waals surface area contributed by atoms with E-state index in [-0.39, 0.29) is 10.8 Å². The fraction of sp³-hybridized carbons (Fsp3) is 0.645. The first-order chi connectivity index (χ1) is 18.3. The van der Waals surface area contributed by atoms with E-state index >= 15 is 0 Å². The number of ether oxygens (including phenoxy) is 5. The quantitative estimate of drug-likeness (QED) is 0.521. The Balaban J connectivity index is 1.32. The first kappa shape index (κ1) is 24.8. The van der Waals surface area contributed by atoms with E-state index in [9.17, 15) is 4.79 Å². The van der Waals surface area contributed by atoms with Gasteiger partial charge < -0.3 is 29.0 Å². The van der Waals surface area contributed by atoms with Crippen LogP contribution in [0.3, 0.4) is 0 Å². The second-order valence-corrected chi connectivity index (χ2v) is 12.4. The zero-order valence-electron chi connectivity index (χ0n) is 22.7. The number of rotatable bonds is 2. The molecule has 0 radical (unpaired) electrons. The Labute approximate surface area is 224 Å². The molecule has 7 heteroatoms. The number of benzene rings is 1. The topological polar surface area (TPSA) is 75.3 Å². The van der Waals surface area contributed by atoms with Gasteiger partial charge in [-0.05, 0) is 65.7 Å². The van der Waals surface area contributed by atoms with Crippen LogP contribution in [0.2, 0.25) is 0 Å². The van der Waals surface area contributed by atoms with Crippen molar-refractivity contribution in [2.45, 2.75) is 63.9 Å². The lowest BCUT2D eigenvalue weighted by Crippen LogP contribution is -2.54. The Bertz CT molecular complexity index is 1180. The minimum Gasteiger partial charge on any atom is -0.410 e. The molecule has 2 saturated heterocycles. The molecule has 0 bridgehead atoms. The molecule has 6 aliphatic rings. The van der Waals surface area contributed by atoms with Crippen LogP contribution in [-0.4, -0.2) is 51.1 Å². The first-order valence-electron chi connectivity index (χ1n) is 14.3. The SMILES string of the molecule is CNC(=O)Oc1ccc(C2=C[C@@]3(C)[C@@H](CCC34OCCO4)[C@@H]3CC=C4CC5(CC[C@]4(C)[C@@H]23)OCCO5)cc1. The molecule has 2 saturated carbocycles. The van der Waals surface area contributed by atoms with Crippen LogP contribution >= 0.6 is 0 Å². The molecule has 4 aliphatic carbocycles. The minimum absolute atomic E-state index is 0.0288. The molecule has 0 unspecified atom stereocenters. The maximum Gasteiger partial charge on any atom is 0.412 e. The lowest BCUT2D eigenvalue weighted by atomic mass is 9.47. The molecule has 0 aromatic heterocycles. The minimum atomic E-state index is -0.538. The largest absolute Gasteiger partial charge is 0.412 e. The summed E-state index contributed by atoms with van der Waals surface area (Å²) >= 11 is 0. The molecule has 1 aromatic rings. The molecular formula is C31H39NO6. The van der Waals surface area contributed by atoms with Crippen molar-refractivity contribution in [2.75, 3.05) is 33.5 Å². The third-order valence-electron chi connectivity index (χ3n) is 10.8. The number of carbonyl (C=O) groups excluding carboxylic acids is 1. The molecule has 1 N–H and O–H groups in total. The van der Waals surface area contributed by atoms with Gasteiger partial charge in [0.25, 0.3) is 0 Å². The number of amides is 1. The van der Waals surface area contributed by atoms with Crippen LogP contribution in [0.15, 0.2) is 42.0 Å². The standard InChI is InChI=1S/C31H39NO6/c1-28-12-13-30(34-14-15-35-30)18-21(28)6-9-23-25-10-11-31(36-16-17-37-31)29(25,2)19-24(26(23)28)20-4-7-22(8-5-20)38-27(33)32-3/h4-8,19,23,25-26H,9-18H2,1-3H3,(H,32,33)/t23-,25-,26+,28-,29-/m0/s1. The number of hydrogen-bond acceptors (Lipinski definition) is 6. The van der Waals surface area contributed by atoms with Gasteiger partial charge in [-0.25, -0.2) is 4.79 Å². The summed E-state index contributed by atoms with van der Waals surface area (Å²) in [5.41, 5.74) is 3.87. The van der Waals surface area contributed by atoms with Gasteiger partial charge in [0.1, 0.15) is 5.75 Å². The van der Waals surface area contributed by atoms with Crippen molar-refractivity contribution in [1.82, 2.24) is 5.32 Å². The average molecular weight is 522 g/mol. The van der Waals surface area contributed by atoms with E-state index in [1.807, 2.05) is 12.1 Å². The Hall–Kier alpha value is -2.19. The van der Waals surface area contributed by atoms with Crippen LogP contribution in [0.25, 0.3) is 5.57 Å². The summed E-state index contributed by atoms with van der Waals surface area (Å²) in [5, 5.41) is 2.52. The van der Waals surface area contributed by atoms with Gasteiger partial charge in [0.15, 0.2) is 11.6 Å². The lowest BCUT2D eigenvalue weighted by molar-refractivity contribution is -0.215. The second kappa shape index (κ2) is 8.65. The van der Waals surface area contributed by atoms with Crippen LogP contribution in [-0.2, 0) is 18.9 Å². The fourth-order valence-corrected chi connectivity index (χ4v) is 8.98. The normalized spacial score (nSPS) is 38.2. The highest BCUT2D eigenvalue weighted by Crippen LogP contribution is 2.69. The highest BCUT2D eigenvalue weighted by Gasteiger charge is 2.67. The van der Waals surface area contributed by atoms with Crippen molar-refractivity contribution in [3.8, 4) is 5.75 Å². The molecule has 5 atom stereocenters. The maximum atomic E-state index is 11.8. The zero-order chi connectivity index (χ0) is 26.2. The predicted octanol–water partition coefficient (Wildman–Crippen LogP) is 5.46. The van der Waals surface area contributed by atoms with Crippen molar-refractivity contribution in [3.63, 3.8) is 0 Å². The zero-order valence-corrected chi connectivity index (χ0v) is 22.7. The van der Waals surface area contributed by atoms with Crippen LogP contribution < -0.4 is 10.1 Å². The number of fused-ring (bicyclic) bond motifs is 6. The Morgan fingerprint density at radius 3 is 2.39 bits per heavy atom. The van der Waals surface area contributed by atoms with Gasteiger partial charge in [0.2, 0.25) is 0 Å². The number of hydrogen-bond donors (Lipinski definition) is 1. The van der Waals surface area contributed by atoms with Gasteiger partial charge in [0, 0.05) is 31.7 Å². The molecule has 38 heavy (non-hydrogen) atoms. The summed E-state index contributed by atoms with van der Waals surface area (Å²) in [4.78, 5) is 11.8. The summed E-state index contributed by atoms with van der Waals surface area (Å²) < 4.78 is 30.6. The summed E-state index contributed by atoms with van der Waals surface area (Å²) in [6, 6.07) is 8.02. The van der Waals surface area contributed by atoms with E-state index < -0.39 is 17.7 Å². The van der Waals surface area contributed by atoms with Crippen molar-refractivity contribution in [1.29, 1.82) is 0 Å². The molecule has 204 valence electrons. The molecule has 7 nitrogen and oxygen atoms in total. The van der Waals surface area contributed by atoms with E-state index in [1.165, 1.54) is 16.7 Å². The van der Waals surface area contributed by atoms with E-state index in [0.717, 1.165) is 38.5 Å². The third-order valence-corrected chi connectivity index (χ3v) is 10.8. The van der Waals surface area contributed by atoms with Gasteiger partial charge in [0.05, 0.1) is 26.4 Å². The van der Waals surface area contributed by atoms with Gasteiger partial charge in [-0.15, -0.1) is 0 Å². The van der Waals surface area contributed by atoms with Crippen LogP contribution in [0.1, 0.15) is 57.9 Å². The van der Waals surface area contributed by atoms with Gasteiger partial charge >= 0.3 is 6.09 Å². The van der Waals surface area contributed by atoms with Crippen molar-refractivity contribution >= 4 is 11.7 Å². The highest BCUT2D eigenvalue weighted by molar-refractivity contribution is 5.74. The van der Waals surface area contributed by atoms with Crippen molar-refractivity contribution in [3.05, 3.63) is 47.6 Å². The molecule has 7 rings (SSSR count). The molecule has 2 spiro atoms. The number of allylic oxidation sites excluding steroid dienone is 2. The lowest BCUT2D eigenvalue weighted by Gasteiger charge is -2.59. The molecule has 2 aliphatic heterocycles. The average Bonchev–Trinajstić information content (AvgIpc) is 3.65. The Morgan fingerprint density at radius 1 is 0.974 bits per heavy atom. The van der Waals surface area contributed by atoms with E-state index in [0.29, 0.717) is 49.9 Å². The summed E-state index contributed by atoms with van der Waals surface area (Å²) in [7, 11) is 1.57. The van der Waals surface area contributed by atoms with Crippen LogP contribution in [0, 0.1) is 28.6 Å². The molecule has 1 aromatic carbocycles. The highest BCUT2D eigenvalue weighted by atomic mass is 16.7. The summed E-state index contributed by atoms with van der Waals surface area (Å²) in [6.45, 7) is 7.55. The first-order valence-corrected chi connectivity index (χ1v) is 14.3. The summed E-state index contributed by atoms with van der Waals surface area (Å²) in [5.74, 6) is 0.935. The van der Waals surface area contributed by atoms with Gasteiger partial charge in [-0.1, -0.05) is 43.7 Å². The number of carbonyl (C=O) groups is 1. The fourth-order valence-electron chi connectivity index (χ4n) is 8.98. The number of nitrogens with one attached hydrogen (secondary N) is 1. The Morgan fingerprint density at radius 2 is 1.68 bits per heavy atom. The van der Waals surface area contributed by atoms with Gasteiger partial charge in [-0.3, -0.25) is 0 Å². The molecule has 4 fully saturated rings. The van der Waals surface area contributed by atoms with Crippen molar-refractivity contribution in [2.24, 2.45) is 28.6 Å². The molecular weight excluding hydrogens is 482 g/mol. The smallest absolute Gasteiger partial charge is 0.410 e. The van der Waals surface area contributed by atoms with E-state index in [4.69, 9.17) is 23.7 Å². The Kier molecular flexibility index (Phi) is 5.65. The van der Waals surface area contributed by atoms with Crippen molar-refractivity contribution < 1.29 is 28.5 Å². The van der Waals surface area contributed by atoms with E-state index in [2.05, 4.69) is 43.4 Å². The maximum absolute atomic E-state index is 11.8. The van der Waals surface area contributed by atoms with Gasteiger partial charge in [-0.2, -0.15) is 0 Å². The molecule has 1 amide bonds. The van der Waals surface area contributed by atoms with Crippen LogP contribution in [0.5, 0.6) is 5.75 Å². The summed E-state index contributed by atoms with van der Waals surface area (Å²) in [6.07, 6.45) is 10.5. The van der Waals surface area contributed by atoms with E-state index in [1.54, 1.807) is 7.05 Å². The second-order valence-electron chi connectivity index (χ2n) is 12.4. The predicted molar refractivity (Wildman–Crippen MR) is 141 cm³/mol. The van der Waals surface area contributed by atoms with Crippen LogP contribution in [0.4, 0.5) is 4.79 Å². The monoisotopic (exact) mass is 521 g/mol. The third kappa shape index (κ3) is 3.44.